The average molecular weight is 544 g/mol. The summed E-state index contributed by atoms with van der Waals surface area (Å²) in [6.07, 6.45) is 1.32. The van der Waals surface area contributed by atoms with Crippen molar-refractivity contribution in [2.75, 3.05) is 45.2 Å². The van der Waals surface area contributed by atoms with Gasteiger partial charge in [0.2, 0.25) is 5.91 Å². The van der Waals surface area contributed by atoms with Crippen molar-refractivity contribution in [3.8, 4) is 16.9 Å². The Morgan fingerprint density at radius 2 is 1.87 bits per heavy atom. The molecular weight excluding hydrogens is 514 g/mol. The van der Waals surface area contributed by atoms with Gasteiger partial charge in [-0.15, -0.1) is 0 Å². The lowest BCUT2D eigenvalue weighted by Crippen LogP contribution is -2.59. The second kappa shape index (κ2) is 9.70. The molecule has 0 aliphatic carbocycles. The summed E-state index contributed by atoms with van der Waals surface area (Å²) >= 11 is 6.87. The lowest BCUT2D eigenvalue weighted by atomic mass is 9.97. The zero-order valence-electron chi connectivity index (χ0n) is 22.0. The van der Waals surface area contributed by atoms with Gasteiger partial charge in [-0.05, 0) is 60.8 Å². The first-order valence-electron chi connectivity index (χ1n) is 13.0. The number of phenolic OH excluding ortho intramolecular Hbond substituents is 1. The SMILES string of the molecule is C=CC(=O)N1CC(Cn2c(=O)c(N3CC(N(C)C)C3)nc3cc(-c4cc(O)cc5ccccc45)c(Cl)cc32)C1. The topological polar surface area (TPSA) is 81.9 Å². The van der Waals surface area contributed by atoms with Crippen LogP contribution in [0.3, 0.4) is 0 Å². The summed E-state index contributed by atoms with van der Waals surface area (Å²) in [7, 11) is 4.07. The predicted octanol–water partition coefficient (Wildman–Crippen LogP) is 3.97. The highest BCUT2D eigenvalue weighted by Crippen LogP contribution is 2.38. The van der Waals surface area contributed by atoms with E-state index in [0.29, 0.717) is 47.6 Å². The molecule has 0 bridgehead atoms. The van der Waals surface area contributed by atoms with Crippen LogP contribution >= 0.6 is 11.6 Å². The molecule has 9 heteroatoms. The number of amides is 1. The molecule has 39 heavy (non-hydrogen) atoms. The number of nitrogens with zero attached hydrogens (tertiary/aromatic N) is 5. The van der Waals surface area contributed by atoms with E-state index in [1.165, 1.54) is 6.08 Å². The number of likely N-dealkylation sites (tertiary alicyclic amines) is 1. The summed E-state index contributed by atoms with van der Waals surface area (Å²) in [5.41, 5.74) is 2.69. The van der Waals surface area contributed by atoms with E-state index in [9.17, 15) is 14.7 Å². The molecule has 2 aliphatic rings. The van der Waals surface area contributed by atoms with Crippen molar-refractivity contribution in [2.45, 2.75) is 12.6 Å². The van der Waals surface area contributed by atoms with Gasteiger partial charge in [-0.2, -0.15) is 0 Å². The monoisotopic (exact) mass is 543 g/mol. The van der Waals surface area contributed by atoms with Crippen LogP contribution in [-0.4, -0.2) is 76.7 Å². The van der Waals surface area contributed by atoms with E-state index in [1.807, 2.05) is 49.3 Å². The molecule has 0 saturated carbocycles. The maximum absolute atomic E-state index is 13.8. The van der Waals surface area contributed by atoms with Crippen LogP contribution in [0.4, 0.5) is 5.82 Å². The Hall–Kier alpha value is -3.88. The van der Waals surface area contributed by atoms with Crippen LogP contribution in [0.2, 0.25) is 5.02 Å². The Kier molecular flexibility index (Phi) is 6.32. The first-order chi connectivity index (χ1) is 18.7. The number of hydrogen-bond donors (Lipinski definition) is 1. The Balaban J connectivity index is 1.47. The second-order valence-electron chi connectivity index (χ2n) is 10.7. The highest BCUT2D eigenvalue weighted by Gasteiger charge is 2.34. The molecule has 3 aromatic carbocycles. The number of halogens is 1. The number of likely N-dealkylation sites (N-methyl/N-ethyl adjacent to an activating group) is 1. The second-order valence-corrected chi connectivity index (χ2v) is 11.1. The average Bonchev–Trinajstić information content (AvgIpc) is 2.85. The Morgan fingerprint density at radius 1 is 1.13 bits per heavy atom. The van der Waals surface area contributed by atoms with Gasteiger partial charge in [0.1, 0.15) is 5.75 Å². The van der Waals surface area contributed by atoms with E-state index in [1.54, 1.807) is 27.7 Å². The summed E-state index contributed by atoms with van der Waals surface area (Å²) in [5.74, 6) is 0.620. The standard InChI is InChI=1S/C30H30ClN5O3/c1-4-28(38)34-13-18(14-34)15-36-27-12-25(31)24(23-10-21(37)9-19-7-5-6-8-22(19)23)11-26(27)32-29(30(36)39)35-16-20(17-35)33(2)3/h4-12,18,20,37H,1,13-17H2,2-3H3. The number of hydrogen-bond acceptors (Lipinski definition) is 6. The molecule has 8 nitrogen and oxygen atoms in total. The van der Waals surface area contributed by atoms with E-state index in [4.69, 9.17) is 16.6 Å². The predicted molar refractivity (Wildman–Crippen MR) is 156 cm³/mol. The third-order valence-electron chi connectivity index (χ3n) is 7.93. The molecule has 1 aromatic heterocycles. The van der Waals surface area contributed by atoms with Gasteiger partial charge >= 0.3 is 0 Å². The Bertz CT molecular complexity index is 1690. The van der Waals surface area contributed by atoms with E-state index in [-0.39, 0.29) is 23.1 Å². The van der Waals surface area contributed by atoms with Gasteiger partial charge in [-0.1, -0.05) is 42.4 Å². The number of anilines is 1. The number of phenols is 1. The number of fused-ring (bicyclic) bond motifs is 2. The van der Waals surface area contributed by atoms with Crippen LogP contribution in [-0.2, 0) is 11.3 Å². The fraction of sp³-hybridized carbons (Fsp3) is 0.300. The lowest BCUT2D eigenvalue weighted by molar-refractivity contribution is -0.132. The zero-order valence-corrected chi connectivity index (χ0v) is 22.7. The highest BCUT2D eigenvalue weighted by atomic mass is 35.5. The number of rotatable bonds is 6. The maximum atomic E-state index is 13.8. The minimum atomic E-state index is -0.153. The highest BCUT2D eigenvalue weighted by molar-refractivity contribution is 6.34. The normalized spacial score (nSPS) is 16.1. The molecule has 1 amide bonds. The van der Waals surface area contributed by atoms with Gasteiger partial charge in [0.15, 0.2) is 5.82 Å². The molecule has 6 rings (SSSR count). The Morgan fingerprint density at radius 3 is 2.59 bits per heavy atom. The van der Waals surface area contributed by atoms with Crippen molar-refractivity contribution in [1.29, 1.82) is 0 Å². The van der Waals surface area contributed by atoms with Gasteiger partial charge in [-0.25, -0.2) is 4.98 Å². The number of aromatic nitrogens is 2. The largest absolute Gasteiger partial charge is 0.508 e. The van der Waals surface area contributed by atoms with E-state index in [2.05, 4.69) is 11.5 Å². The van der Waals surface area contributed by atoms with Crippen LogP contribution in [0.25, 0.3) is 32.9 Å². The molecule has 0 atom stereocenters. The summed E-state index contributed by atoms with van der Waals surface area (Å²) < 4.78 is 1.76. The number of aromatic hydroxyl groups is 1. The minimum Gasteiger partial charge on any atom is -0.508 e. The summed E-state index contributed by atoms with van der Waals surface area (Å²) in [5, 5.41) is 12.8. The van der Waals surface area contributed by atoms with Gasteiger partial charge < -0.3 is 24.4 Å². The maximum Gasteiger partial charge on any atom is 0.294 e. The molecule has 0 unspecified atom stereocenters. The number of carbonyl (C=O) groups excluding carboxylic acids is 1. The fourth-order valence-corrected chi connectivity index (χ4v) is 5.83. The first-order valence-corrected chi connectivity index (χ1v) is 13.4. The van der Waals surface area contributed by atoms with Crippen LogP contribution in [0.15, 0.2) is 66.0 Å². The lowest BCUT2D eigenvalue weighted by Gasteiger charge is -2.43. The van der Waals surface area contributed by atoms with Crippen molar-refractivity contribution >= 4 is 45.1 Å². The van der Waals surface area contributed by atoms with E-state index >= 15 is 0 Å². The fourth-order valence-electron chi connectivity index (χ4n) is 5.57. The zero-order chi connectivity index (χ0) is 27.4. The first kappa shape index (κ1) is 25.4. The summed E-state index contributed by atoms with van der Waals surface area (Å²) in [6.45, 7) is 6.62. The quantitative estimate of drug-likeness (QED) is 0.371. The molecule has 2 saturated heterocycles. The number of carbonyl (C=O) groups is 1. The molecule has 2 aliphatic heterocycles. The molecule has 200 valence electrons. The molecule has 2 fully saturated rings. The third kappa shape index (κ3) is 4.43. The van der Waals surface area contributed by atoms with Crippen molar-refractivity contribution in [2.24, 2.45) is 5.92 Å². The van der Waals surface area contributed by atoms with E-state index in [0.717, 1.165) is 35.0 Å². The Labute approximate surface area is 231 Å². The van der Waals surface area contributed by atoms with Gasteiger partial charge in [0, 0.05) is 50.2 Å². The number of benzene rings is 3. The third-order valence-corrected chi connectivity index (χ3v) is 8.24. The molecular formula is C30H30ClN5O3. The van der Waals surface area contributed by atoms with Crippen molar-refractivity contribution in [3.05, 3.63) is 76.6 Å². The van der Waals surface area contributed by atoms with E-state index < -0.39 is 0 Å². The van der Waals surface area contributed by atoms with Gasteiger partial charge in [0.25, 0.3) is 5.56 Å². The van der Waals surface area contributed by atoms with Crippen LogP contribution in [0, 0.1) is 5.92 Å². The van der Waals surface area contributed by atoms with Gasteiger partial charge in [-0.3, -0.25) is 9.59 Å². The molecule has 3 heterocycles. The molecule has 1 N–H and O–H groups in total. The van der Waals surface area contributed by atoms with Crippen LogP contribution in [0.1, 0.15) is 0 Å². The van der Waals surface area contributed by atoms with Crippen LogP contribution < -0.4 is 10.5 Å². The minimum absolute atomic E-state index is 0.0970. The van der Waals surface area contributed by atoms with Crippen molar-refractivity contribution in [1.82, 2.24) is 19.4 Å². The summed E-state index contributed by atoms with van der Waals surface area (Å²) in [4.78, 5) is 36.5. The molecule has 0 spiro atoms. The summed E-state index contributed by atoms with van der Waals surface area (Å²) in [6, 6.07) is 15.3. The smallest absolute Gasteiger partial charge is 0.294 e. The molecule has 0 radical (unpaired) electrons. The van der Waals surface area contributed by atoms with Crippen molar-refractivity contribution in [3.63, 3.8) is 0 Å². The van der Waals surface area contributed by atoms with Crippen molar-refractivity contribution < 1.29 is 9.90 Å². The molecule has 4 aromatic rings. The van der Waals surface area contributed by atoms with Gasteiger partial charge in [0.05, 0.1) is 16.1 Å². The van der Waals surface area contributed by atoms with Crippen LogP contribution in [0.5, 0.6) is 5.75 Å².